The zero-order valence-corrected chi connectivity index (χ0v) is 9.10. The highest BCUT2D eigenvalue weighted by atomic mass is 16.5. The average molecular weight is 233 g/mol. The number of amides is 1. The summed E-state index contributed by atoms with van der Waals surface area (Å²) in [4.78, 5) is 11.7. The van der Waals surface area contributed by atoms with Gasteiger partial charge in [0.05, 0.1) is 19.0 Å². The van der Waals surface area contributed by atoms with Gasteiger partial charge >= 0.3 is 0 Å². The van der Waals surface area contributed by atoms with Gasteiger partial charge in [-0.05, 0) is 18.2 Å². The Bertz CT molecular complexity index is 523. The Kier molecular flexibility index (Phi) is 2.91. The number of rotatable bonds is 3. The first kappa shape index (κ1) is 10.9. The number of hydrogen-bond donors (Lipinski definition) is 3. The maximum Gasteiger partial charge on any atom is 0.277 e. The molecule has 2 rings (SSSR count). The summed E-state index contributed by atoms with van der Waals surface area (Å²) in [5.41, 5.74) is 6.84. The Hall–Kier alpha value is -2.57. The molecule has 0 saturated carbocycles. The van der Waals surface area contributed by atoms with E-state index in [2.05, 4.69) is 20.7 Å². The van der Waals surface area contributed by atoms with Crippen molar-refractivity contribution in [2.45, 2.75) is 0 Å². The van der Waals surface area contributed by atoms with Crippen LogP contribution in [0.1, 0.15) is 10.5 Å². The van der Waals surface area contributed by atoms with Crippen molar-refractivity contribution in [3.63, 3.8) is 0 Å². The zero-order chi connectivity index (χ0) is 12.3. The molecule has 0 fully saturated rings. The van der Waals surface area contributed by atoms with E-state index < -0.39 is 0 Å². The fourth-order valence-corrected chi connectivity index (χ4v) is 1.32. The molecule has 2 aromatic rings. The maximum absolute atomic E-state index is 11.7. The number of nitrogens with two attached hydrogens (primary N) is 1. The summed E-state index contributed by atoms with van der Waals surface area (Å²) in [6, 6.07) is 4.97. The molecule has 1 aromatic carbocycles. The Morgan fingerprint density at radius 3 is 3.00 bits per heavy atom. The Morgan fingerprint density at radius 1 is 1.53 bits per heavy atom. The van der Waals surface area contributed by atoms with Crippen LogP contribution >= 0.6 is 0 Å². The van der Waals surface area contributed by atoms with Crippen molar-refractivity contribution >= 4 is 17.3 Å². The number of carbonyl (C=O) groups is 1. The molecule has 0 unspecified atom stereocenters. The van der Waals surface area contributed by atoms with Gasteiger partial charge in [-0.3, -0.25) is 4.79 Å². The predicted octanol–water partition coefficient (Wildman–Crippen LogP) is 0.648. The van der Waals surface area contributed by atoms with Crippen LogP contribution in [-0.2, 0) is 0 Å². The van der Waals surface area contributed by atoms with Crippen LogP contribution in [0.5, 0.6) is 5.75 Å². The minimum atomic E-state index is -0.386. The third-order valence-electron chi connectivity index (χ3n) is 2.12. The second kappa shape index (κ2) is 4.52. The van der Waals surface area contributed by atoms with Crippen LogP contribution in [0, 0.1) is 0 Å². The molecule has 0 atom stereocenters. The average Bonchev–Trinajstić information content (AvgIpc) is 2.83. The highest BCUT2D eigenvalue weighted by molar-refractivity contribution is 6.03. The predicted molar refractivity (Wildman–Crippen MR) is 61.7 cm³/mol. The topological polar surface area (TPSA) is 106 Å². The summed E-state index contributed by atoms with van der Waals surface area (Å²) in [6.07, 6.45) is 1.33. The molecule has 0 saturated heterocycles. The number of benzene rings is 1. The van der Waals surface area contributed by atoms with Crippen LogP contribution in [0.2, 0.25) is 0 Å². The molecule has 1 heterocycles. The van der Waals surface area contributed by atoms with Crippen LogP contribution in [-0.4, -0.2) is 28.4 Å². The number of nitrogens with zero attached hydrogens (tertiary/aromatic N) is 2. The second-order valence-electron chi connectivity index (χ2n) is 3.27. The molecule has 0 bridgehead atoms. The van der Waals surface area contributed by atoms with E-state index in [1.54, 1.807) is 18.2 Å². The highest BCUT2D eigenvalue weighted by Crippen LogP contribution is 2.26. The van der Waals surface area contributed by atoms with E-state index in [0.717, 1.165) is 0 Å². The highest BCUT2D eigenvalue weighted by Gasteiger charge is 2.12. The third-order valence-corrected chi connectivity index (χ3v) is 2.12. The largest absolute Gasteiger partial charge is 0.495 e. The molecule has 0 aliphatic carbocycles. The van der Waals surface area contributed by atoms with Crippen molar-refractivity contribution in [1.29, 1.82) is 0 Å². The SMILES string of the molecule is COc1ccc(N)cc1NC(=O)c1cn[nH]n1. The smallest absolute Gasteiger partial charge is 0.277 e. The number of hydrogen-bond acceptors (Lipinski definition) is 5. The molecule has 0 aliphatic rings. The number of carbonyl (C=O) groups excluding carboxylic acids is 1. The van der Waals surface area contributed by atoms with Crippen LogP contribution in [0.15, 0.2) is 24.4 Å². The van der Waals surface area contributed by atoms with Crippen molar-refractivity contribution in [3.8, 4) is 5.75 Å². The summed E-state index contributed by atoms with van der Waals surface area (Å²) < 4.78 is 5.10. The quantitative estimate of drug-likeness (QED) is 0.675. The lowest BCUT2D eigenvalue weighted by atomic mass is 10.2. The van der Waals surface area contributed by atoms with Gasteiger partial charge in [0.15, 0.2) is 5.69 Å². The van der Waals surface area contributed by atoms with Crippen LogP contribution in [0.25, 0.3) is 0 Å². The van der Waals surface area contributed by atoms with E-state index in [-0.39, 0.29) is 11.6 Å². The second-order valence-corrected chi connectivity index (χ2v) is 3.27. The number of anilines is 2. The van der Waals surface area contributed by atoms with Gasteiger partial charge in [0.2, 0.25) is 0 Å². The monoisotopic (exact) mass is 233 g/mol. The van der Waals surface area contributed by atoms with Crippen LogP contribution in [0.4, 0.5) is 11.4 Å². The number of nitrogen functional groups attached to an aromatic ring is 1. The molecule has 1 amide bonds. The number of H-pyrrole nitrogens is 1. The lowest BCUT2D eigenvalue weighted by molar-refractivity contribution is 0.102. The van der Waals surface area contributed by atoms with Gasteiger partial charge in [-0.2, -0.15) is 15.4 Å². The molecule has 7 nitrogen and oxygen atoms in total. The molecule has 7 heteroatoms. The minimum absolute atomic E-state index is 0.189. The fourth-order valence-electron chi connectivity index (χ4n) is 1.32. The molecule has 0 aliphatic heterocycles. The number of aromatic nitrogens is 3. The van der Waals surface area contributed by atoms with Gasteiger partial charge in [0.1, 0.15) is 5.75 Å². The first-order valence-electron chi connectivity index (χ1n) is 4.81. The molecular formula is C10H11N5O2. The molecule has 17 heavy (non-hydrogen) atoms. The Labute approximate surface area is 97.0 Å². The first-order chi connectivity index (χ1) is 8.20. The molecule has 0 radical (unpaired) electrons. The van der Waals surface area contributed by atoms with E-state index in [1.165, 1.54) is 13.3 Å². The lowest BCUT2D eigenvalue weighted by Crippen LogP contribution is -2.13. The van der Waals surface area contributed by atoms with Crippen molar-refractivity contribution in [2.75, 3.05) is 18.2 Å². The number of nitrogens with one attached hydrogen (secondary N) is 2. The normalized spacial score (nSPS) is 9.94. The Balaban J connectivity index is 2.23. The number of ether oxygens (including phenoxy) is 1. The van der Waals surface area contributed by atoms with Gasteiger partial charge in [-0.1, -0.05) is 0 Å². The van der Waals surface area contributed by atoms with Crippen molar-refractivity contribution in [1.82, 2.24) is 15.4 Å². The van der Waals surface area contributed by atoms with E-state index in [1.807, 2.05) is 0 Å². The maximum atomic E-state index is 11.7. The van der Waals surface area contributed by atoms with E-state index in [0.29, 0.717) is 17.1 Å². The van der Waals surface area contributed by atoms with E-state index >= 15 is 0 Å². The fraction of sp³-hybridized carbons (Fsp3) is 0.100. The zero-order valence-electron chi connectivity index (χ0n) is 9.10. The number of aromatic amines is 1. The van der Waals surface area contributed by atoms with Crippen LogP contribution in [0.3, 0.4) is 0 Å². The third kappa shape index (κ3) is 2.33. The van der Waals surface area contributed by atoms with E-state index in [4.69, 9.17) is 10.5 Å². The van der Waals surface area contributed by atoms with Crippen LogP contribution < -0.4 is 15.8 Å². The van der Waals surface area contributed by atoms with Gasteiger partial charge in [-0.15, -0.1) is 0 Å². The molecule has 4 N–H and O–H groups in total. The lowest BCUT2D eigenvalue weighted by Gasteiger charge is -2.09. The number of methoxy groups -OCH3 is 1. The summed E-state index contributed by atoms with van der Waals surface area (Å²) in [6.45, 7) is 0. The van der Waals surface area contributed by atoms with Crippen molar-refractivity contribution in [3.05, 3.63) is 30.1 Å². The van der Waals surface area contributed by atoms with E-state index in [9.17, 15) is 4.79 Å². The van der Waals surface area contributed by atoms with Gasteiger partial charge < -0.3 is 15.8 Å². The standard InChI is InChI=1S/C10H11N5O2/c1-17-9-3-2-6(11)4-7(9)13-10(16)8-5-12-15-14-8/h2-5H,11H2,1H3,(H,13,16)(H,12,14,15). The van der Waals surface area contributed by atoms with Gasteiger partial charge in [-0.25, -0.2) is 0 Å². The van der Waals surface area contributed by atoms with Gasteiger partial charge in [0.25, 0.3) is 5.91 Å². The molecule has 0 spiro atoms. The summed E-state index contributed by atoms with van der Waals surface area (Å²) in [7, 11) is 1.51. The van der Waals surface area contributed by atoms with Gasteiger partial charge in [0, 0.05) is 5.69 Å². The molecule has 1 aromatic heterocycles. The summed E-state index contributed by atoms with van der Waals surface area (Å²) in [5.74, 6) is 0.138. The Morgan fingerprint density at radius 2 is 2.35 bits per heavy atom. The summed E-state index contributed by atoms with van der Waals surface area (Å²) >= 11 is 0. The summed E-state index contributed by atoms with van der Waals surface area (Å²) in [5, 5.41) is 12.2. The molecular weight excluding hydrogens is 222 g/mol. The first-order valence-corrected chi connectivity index (χ1v) is 4.81. The van der Waals surface area contributed by atoms with Crippen molar-refractivity contribution < 1.29 is 9.53 Å². The van der Waals surface area contributed by atoms with Crippen molar-refractivity contribution in [2.24, 2.45) is 0 Å². The minimum Gasteiger partial charge on any atom is -0.495 e. The molecule has 88 valence electrons.